The van der Waals surface area contributed by atoms with Crippen molar-refractivity contribution < 1.29 is 27.8 Å². The molecule has 39 heavy (non-hydrogen) atoms. The first kappa shape index (κ1) is 29.3. The number of carbonyl (C=O) groups is 1. The number of nitrogens with one attached hydrogen (secondary N) is 1. The highest BCUT2D eigenvalue weighted by Gasteiger charge is 2.60. The topological polar surface area (TPSA) is 87.8 Å². The first-order chi connectivity index (χ1) is 18.6. The van der Waals surface area contributed by atoms with Crippen molar-refractivity contribution in [2.75, 3.05) is 26.3 Å². The maximum atomic E-state index is 17.9. The van der Waals surface area contributed by atoms with E-state index in [4.69, 9.17) is 10.5 Å². The molecule has 6 nitrogen and oxygen atoms in total. The van der Waals surface area contributed by atoms with E-state index in [1.807, 2.05) is 36.1 Å². The Labute approximate surface area is 228 Å². The van der Waals surface area contributed by atoms with Crippen LogP contribution in [0.15, 0.2) is 54.6 Å². The zero-order chi connectivity index (χ0) is 28.2. The van der Waals surface area contributed by atoms with Crippen LogP contribution in [-0.2, 0) is 28.9 Å². The summed E-state index contributed by atoms with van der Waals surface area (Å²) in [6.07, 6.45) is 2.74. The zero-order valence-electron chi connectivity index (χ0n) is 22.5. The molecule has 0 bridgehead atoms. The summed E-state index contributed by atoms with van der Waals surface area (Å²) in [6, 6.07) is 10.0. The molecule has 212 valence electrons. The summed E-state index contributed by atoms with van der Waals surface area (Å²) in [4.78, 5) is 15.2. The van der Waals surface area contributed by atoms with Gasteiger partial charge in [0, 0.05) is 31.6 Å². The van der Waals surface area contributed by atoms with Gasteiger partial charge in [-0.15, -0.1) is 0 Å². The summed E-state index contributed by atoms with van der Waals surface area (Å²) in [7, 11) is 0. The largest absolute Gasteiger partial charge is 0.393 e. The van der Waals surface area contributed by atoms with Gasteiger partial charge < -0.3 is 15.6 Å². The standard InChI is InChI=1S/C30H38F3N3O3/c1-3-21-5-4-6-22(14-21)19-35-30(33)26(13-20(2)37)29(28(34)38,18-23-15-24(31)17-25(32)16-23)8-7-27(30)36-9-11-39-12-10-36/h4-8,14-17,20,26-27,35,37H,3,9-13,18-19H2,1-2H3,(H2,34,38)/t20?,26-,27?,29-,30?/m1/s1. The molecular formula is C30H38F3N3O3. The molecule has 1 saturated heterocycles. The van der Waals surface area contributed by atoms with Crippen molar-refractivity contribution in [1.29, 1.82) is 0 Å². The van der Waals surface area contributed by atoms with Crippen LogP contribution in [-0.4, -0.2) is 60.2 Å². The number of nitrogens with two attached hydrogens (primary N) is 1. The Balaban J connectivity index is 1.82. The smallest absolute Gasteiger partial charge is 0.228 e. The predicted molar refractivity (Wildman–Crippen MR) is 143 cm³/mol. The van der Waals surface area contributed by atoms with Crippen LogP contribution in [0.4, 0.5) is 13.2 Å². The molecule has 0 saturated carbocycles. The molecule has 1 aliphatic carbocycles. The van der Waals surface area contributed by atoms with Crippen molar-refractivity contribution in [3.8, 4) is 0 Å². The van der Waals surface area contributed by atoms with E-state index in [9.17, 15) is 18.7 Å². The van der Waals surface area contributed by atoms with E-state index in [2.05, 4.69) is 5.32 Å². The summed E-state index contributed by atoms with van der Waals surface area (Å²) >= 11 is 0. The summed E-state index contributed by atoms with van der Waals surface area (Å²) in [6.45, 7) is 5.56. The quantitative estimate of drug-likeness (QED) is 0.313. The fourth-order valence-corrected chi connectivity index (χ4v) is 6.06. The molecule has 2 aromatic rings. The number of morpholine rings is 1. The van der Waals surface area contributed by atoms with Gasteiger partial charge in [0.2, 0.25) is 5.91 Å². The summed E-state index contributed by atoms with van der Waals surface area (Å²) in [5, 5.41) is 13.7. The third-order valence-electron chi connectivity index (χ3n) is 7.99. The average Bonchev–Trinajstić information content (AvgIpc) is 2.89. The molecule has 5 atom stereocenters. The summed E-state index contributed by atoms with van der Waals surface area (Å²) in [5.41, 5.74) is 6.49. The van der Waals surface area contributed by atoms with Gasteiger partial charge in [-0.05, 0) is 55.0 Å². The van der Waals surface area contributed by atoms with Crippen LogP contribution in [0.5, 0.6) is 0 Å². The van der Waals surface area contributed by atoms with Crippen LogP contribution in [0.2, 0.25) is 0 Å². The monoisotopic (exact) mass is 545 g/mol. The summed E-state index contributed by atoms with van der Waals surface area (Å²) < 4.78 is 51.7. The fraction of sp³-hybridized carbons (Fsp3) is 0.500. The average molecular weight is 546 g/mol. The third kappa shape index (κ3) is 6.38. The van der Waals surface area contributed by atoms with Crippen molar-refractivity contribution in [1.82, 2.24) is 10.2 Å². The molecule has 0 radical (unpaired) electrons. The number of aryl methyl sites for hydroxylation is 1. The number of benzene rings is 2. The number of halogens is 3. The number of nitrogens with zero attached hydrogens (tertiary/aromatic N) is 1. The molecule has 4 N–H and O–H groups in total. The fourth-order valence-electron chi connectivity index (χ4n) is 6.06. The number of ether oxygens (including phenoxy) is 1. The van der Waals surface area contributed by atoms with E-state index < -0.39 is 46.8 Å². The van der Waals surface area contributed by atoms with Gasteiger partial charge >= 0.3 is 0 Å². The van der Waals surface area contributed by atoms with Gasteiger partial charge in [-0.1, -0.05) is 43.3 Å². The number of aliphatic hydroxyl groups excluding tert-OH is 1. The highest BCUT2D eigenvalue weighted by molar-refractivity contribution is 5.84. The number of aliphatic hydroxyl groups is 1. The van der Waals surface area contributed by atoms with E-state index >= 15 is 4.39 Å². The number of alkyl halides is 1. The lowest BCUT2D eigenvalue weighted by Gasteiger charge is -2.53. The van der Waals surface area contributed by atoms with E-state index in [0.29, 0.717) is 26.3 Å². The highest BCUT2D eigenvalue weighted by atomic mass is 19.1. The van der Waals surface area contributed by atoms with Crippen LogP contribution in [0.1, 0.15) is 37.0 Å². The highest BCUT2D eigenvalue weighted by Crippen LogP contribution is 2.50. The Bertz CT molecular complexity index is 1170. The maximum Gasteiger partial charge on any atom is 0.228 e. The predicted octanol–water partition coefficient (Wildman–Crippen LogP) is 3.65. The third-order valence-corrected chi connectivity index (χ3v) is 7.99. The lowest BCUT2D eigenvalue weighted by atomic mass is 9.60. The second kappa shape index (κ2) is 12.2. The normalized spacial score (nSPS) is 28.4. The molecule has 1 heterocycles. The number of rotatable bonds is 10. The molecule has 0 spiro atoms. The first-order valence-corrected chi connectivity index (χ1v) is 13.5. The van der Waals surface area contributed by atoms with Gasteiger partial charge in [0.05, 0.1) is 30.8 Å². The number of hydrogen-bond donors (Lipinski definition) is 3. The molecule has 2 aromatic carbocycles. The van der Waals surface area contributed by atoms with Crippen LogP contribution in [0.3, 0.4) is 0 Å². The lowest BCUT2D eigenvalue weighted by Crippen LogP contribution is -2.69. The lowest BCUT2D eigenvalue weighted by molar-refractivity contribution is -0.144. The molecule has 1 aliphatic heterocycles. The van der Waals surface area contributed by atoms with Gasteiger partial charge in [0.25, 0.3) is 0 Å². The molecular weight excluding hydrogens is 507 g/mol. The van der Waals surface area contributed by atoms with E-state index in [1.54, 1.807) is 12.2 Å². The minimum atomic E-state index is -2.23. The number of primary amides is 1. The van der Waals surface area contributed by atoms with Gasteiger partial charge in [0.15, 0.2) is 5.79 Å². The van der Waals surface area contributed by atoms with Crippen LogP contribution >= 0.6 is 0 Å². The van der Waals surface area contributed by atoms with E-state index in [1.165, 1.54) is 6.92 Å². The van der Waals surface area contributed by atoms with Gasteiger partial charge in [-0.3, -0.25) is 15.0 Å². The Kier molecular flexibility index (Phi) is 9.16. The van der Waals surface area contributed by atoms with Gasteiger partial charge in [0.1, 0.15) is 11.6 Å². The van der Waals surface area contributed by atoms with Crippen molar-refractivity contribution >= 4 is 5.91 Å². The van der Waals surface area contributed by atoms with Crippen LogP contribution < -0.4 is 11.1 Å². The zero-order valence-corrected chi connectivity index (χ0v) is 22.5. The van der Waals surface area contributed by atoms with Crippen molar-refractivity contribution in [2.24, 2.45) is 17.1 Å². The number of carbonyl (C=O) groups excluding carboxylic acids is 1. The van der Waals surface area contributed by atoms with Crippen molar-refractivity contribution in [3.63, 3.8) is 0 Å². The van der Waals surface area contributed by atoms with Crippen LogP contribution in [0, 0.1) is 23.0 Å². The van der Waals surface area contributed by atoms with E-state index in [0.717, 1.165) is 35.7 Å². The SMILES string of the molecule is CCc1cccc(CNC2(F)C(N3CCOCC3)C=C[C@](Cc3cc(F)cc(F)c3)(C(N)=O)[C@H]2CC(C)O)c1. The second-order valence-corrected chi connectivity index (χ2v) is 10.7. The van der Waals surface area contributed by atoms with Crippen LogP contribution in [0.25, 0.3) is 0 Å². The Hall–Kier alpha value is -2.72. The van der Waals surface area contributed by atoms with Gasteiger partial charge in [-0.2, -0.15) is 0 Å². The molecule has 2 aliphatic rings. The second-order valence-electron chi connectivity index (χ2n) is 10.7. The number of hydrogen-bond acceptors (Lipinski definition) is 5. The minimum Gasteiger partial charge on any atom is -0.393 e. The molecule has 1 amide bonds. The Morgan fingerprint density at radius 3 is 2.44 bits per heavy atom. The number of amides is 1. The first-order valence-electron chi connectivity index (χ1n) is 13.5. The van der Waals surface area contributed by atoms with E-state index in [-0.39, 0.29) is 24.9 Å². The Morgan fingerprint density at radius 2 is 1.82 bits per heavy atom. The molecule has 0 aromatic heterocycles. The minimum absolute atomic E-state index is 0.107. The van der Waals surface area contributed by atoms with Crippen molar-refractivity contribution in [3.05, 3.63) is 82.9 Å². The Morgan fingerprint density at radius 1 is 1.15 bits per heavy atom. The maximum absolute atomic E-state index is 17.9. The molecule has 4 rings (SSSR count). The van der Waals surface area contributed by atoms with Gasteiger partial charge in [-0.25, -0.2) is 13.2 Å². The molecule has 3 unspecified atom stereocenters. The van der Waals surface area contributed by atoms with Crippen molar-refractivity contribution in [2.45, 2.75) is 57.6 Å². The summed E-state index contributed by atoms with van der Waals surface area (Å²) in [5.74, 6) is -5.81. The molecule has 9 heteroatoms. The molecule has 1 fully saturated rings.